The van der Waals surface area contributed by atoms with Gasteiger partial charge in [0.2, 0.25) is 0 Å². The fraction of sp³-hybridized carbons (Fsp3) is 0. The maximum absolute atomic E-state index is 12.0. The van der Waals surface area contributed by atoms with Crippen LogP contribution in [0.4, 0.5) is 5.69 Å². The lowest BCUT2D eigenvalue weighted by atomic mass is 10.2. The molecule has 0 amide bonds. The molecular formula is C13H10ClN3O5S. The largest absolute Gasteiger partial charge is 0.507 e. The highest BCUT2D eigenvalue weighted by Gasteiger charge is 2.14. The highest BCUT2D eigenvalue weighted by atomic mass is 35.5. The molecule has 0 bridgehead atoms. The van der Waals surface area contributed by atoms with Crippen molar-refractivity contribution < 1.29 is 18.4 Å². The Bertz CT molecular complexity index is 866. The molecule has 2 N–H and O–H groups in total. The van der Waals surface area contributed by atoms with Crippen LogP contribution in [0.25, 0.3) is 0 Å². The number of nitro groups is 1. The van der Waals surface area contributed by atoms with Gasteiger partial charge in [-0.2, -0.15) is 13.5 Å². The van der Waals surface area contributed by atoms with Crippen LogP contribution in [0.15, 0.2) is 52.5 Å². The molecule has 23 heavy (non-hydrogen) atoms. The van der Waals surface area contributed by atoms with Crippen molar-refractivity contribution >= 4 is 33.5 Å². The number of phenols is 1. The van der Waals surface area contributed by atoms with Crippen LogP contribution in [0.5, 0.6) is 5.75 Å². The van der Waals surface area contributed by atoms with Crippen molar-refractivity contribution in [3.8, 4) is 5.75 Å². The third-order valence-corrected chi connectivity index (χ3v) is 4.20. The van der Waals surface area contributed by atoms with Gasteiger partial charge >= 0.3 is 0 Å². The molecular weight excluding hydrogens is 346 g/mol. The first-order valence-electron chi connectivity index (χ1n) is 6.07. The van der Waals surface area contributed by atoms with Gasteiger partial charge in [0.05, 0.1) is 16.0 Å². The molecule has 0 spiro atoms. The molecule has 0 aliphatic rings. The monoisotopic (exact) mass is 355 g/mol. The highest BCUT2D eigenvalue weighted by Crippen LogP contribution is 2.20. The Kier molecular flexibility index (Phi) is 4.82. The number of sulfonamides is 1. The summed E-state index contributed by atoms with van der Waals surface area (Å²) in [6, 6.07) is 8.53. The first-order chi connectivity index (χ1) is 10.8. The normalized spacial score (nSPS) is 11.5. The molecule has 0 aliphatic heterocycles. The zero-order valence-electron chi connectivity index (χ0n) is 11.4. The molecule has 2 aromatic rings. The molecule has 0 heterocycles. The molecule has 120 valence electrons. The lowest BCUT2D eigenvalue weighted by Gasteiger charge is -2.03. The Balaban J connectivity index is 2.16. The summed E-state index contributed by atoms with van der Waals surface area (Å²) in [7, 11) is -3.98. The maximum atomic E-state index is 12.0. The van der Waals surface area contributed by atoms with Crippen LogP contribution >= 0.6 is 11.6 Å². The smallest absolute Gasteiger partial charge is 0.276 e. The summed E-state index contributed by atoms with van der Waals surface area (Å²) < 4.78 is 23.9. The molecule has 0 unspecified atom stereocenters. The zero-order chi connectivity index (χ0) is 17.0. The number of non-ortho nitro benzene ring substituents is 1. The molecule has 0 aromatic heterocycles. The molecule has 0 radical (unpaired) electrons. The predicted molar refractivity (Wildman–Crippen MR) is 84.1 cm³/mol. The van der Waals surface area contributed by atoms with E-state index in [2.05, 4.69) is 5.10 Å². The van der Waals surface area contributed by atoms with Crippen molar-refractivity contribution in [3.63, 3.8) is 0 Å². The molecule has 0 fully saturated rings. The van der Waals surface area contributed by atoms with Crippen molar-refractivity contribution in [1.82, 2.24) is 4.83 Å². The van der Waals surface area contributed by atoms with E-state index in [1.54, 1.807) is 0 Å². The molecule has 8 nitrogen and oxygen atoms in total. The Morgan fingerprint density at radius 1 is 1.22 bits per heavy atom. The van der Waals surface area contributed by atoms with Gasteiger partial charge in [0.15, 0.2) is 0 Å². The first-order valence-corrected chi connectivity index (χ1v) is 7.93. The number of hydrogen-bond acceptors (Lipinski definition) is 6. The van der Waals surface area contributed by atoms with E-state index < -0.39 is 14.9 Å². The lowest BCUT2D eigenvalue weighted by molar-refractivity contribution is -0.384. The molecule has 0 saturated carbocycles. The second-order valence-electron chi connectivity index (χ2n) is 4.31. The minimum atomic E-state index is -3.98. The fourth-order valence-corrected chi connectivity index (χ4v) is 2.57. The van der Waals surface area contributed by atoms with E-state index in [0.29, 0.717) is 5.02 Å². The van der Waals surface area contributed by atoms with Crippen molar-refractivity contribution in [3.05, 3.63) is 63.2 Å². The van der Waals surface area contributed by atoms with Gasteiger partial charge in [-0.3, -0.25) is 10.1 Å². The van der Waals surface area contributed by atoms with Gasteiger partial charge in [-0.25, -0.2) is 4.83 Å². The number of hydrazone groups is 1. The van der Waals surface area contributed by atoms with E-state index in [1.165, 1.54) is 18.2 Å². The Hall–Kier alpha value is -2.65. The molecule has 10 heteroatoms. The van der Waals surface area contributed by atoms with Crippen molar-refractivity contribution in [2.45, 2.75) is 4.90 Å². The van der Waals surface area contributed by atoms with Gasteiger partial charge in [-0.15, -0.1) is 0 Å². The van der Waals surface area contributed by atoms with Gasteiger partial charge in [0, 0.05) is 22.7 Å². The van der Waals surface area contributed by atoms with Crippen LogP contribution in [0, 0.1) is 10.1 Å². The Morgan fingerprint density at radius 2 is 1.87 bits per heavy atom. The number of hydrogen-bond donors (Lipinski definition) is 2. The number of nitro benzene ring substituents is 1. The van der Waals surface area contributed by atoms with E-state index in [1.807, 2.05) is 4.83 Å². The molecule has 2 aromatic carbocycles. The van der Waals surface area contributed by atoms with E-state index >= 15 is 0 Å². The third-order valence-electron chi connectivity index (χ3n) is 2.72. The topological polar surface area (TPSA) is 122 Å². The number of benzene rings is 2. The zero-order valence-corrected chi connectivity index (χ0v) is 13.0. The summed E-state index contributed by atoms with van der Waals surface area (Å²) in [5.74, 6) is -0.118. The minimum Gasteiger partial charge on any atom is -0.507 e. The van der Waals surface area contributed by atoms with E-state index in [9.17, 15) is 23.6 Å². The molecule has 0 aliphatic carbocycles. The minimum absolute atomic E-state index is 0.118. The average molecular weight is 356 g/mol. The second-order valence-corrected chi connectivity index (χ2v) is 6.40. The van der Waals surface area contributed by atoms with Crippen molar-refractivity contribution in [2.24, 2.45) is 5.10 Å². The quantitative estimate of drug-likeness (QED) is 0.484. The summed E-state index contributed by atoms with van der Waals surface area (Å²) in [6.45, 7) is 0. The first kappa shape index (κ1) is 16.7. The van der Waals surface area contributed by atoms with Crippen LogP contribution < -0.4 is 4.83 Å². The molecule has 0 saturated heterocycles. The van der Waals surface area contributed by atoms with Gasteiger partial charge in [-0.1, -0.05) is 11.6 Å². The molecule has 2 rings (SSSR count). The summed E-state index contributed by atoms with van der Waals surface area (Å²) in [4.78, 5) is 11.6. The fourth-order valence-electron chi connectivity index (χ4n) is 1.59. The number of nitrogens with zero attached hydrogens (tertiary/aromatic N) is 2. The van der Waals surface area contributed by atoms with Gasteiger partial charge < -0.3 is 5.11 Å². The molecule has 0 atom stereocenters. The third kappa shape index (κ3) is 4.18. The van der Waals surface area contributed by atoms with E-state index in [-0.39, 0.29) is 21.9 Å². The number of nitrogens with one attached hydrogen (secondary N) is 1. The summed E-state index contributed by atoms with van der Waals surface area (Å²) in [5, 5.41) is 24.0. The van der Waals surface area contributed by atoms with Crippen LogP contribution in [0.1, 0.15) is 5.56 Å². The number of halogens is 1. The average Bonchev–Trinajstić information content (AvgIpc) is 2.50. The standard InChI is InChI=1S/C13H10ClN3O5S/c14-10-1-6-13(18)9(7-10)8-15-16-23(21,22)12-4-2-11(3-5-12)17(19)20/h1-8,16,18H/b15-8-. The van der Waals surface area contributed by atoms with Crippen molar-refractivity contribution in [1.29, 1.82) is 0 Å². The van der Waals surface area contributed by atoms with Crippen LogP contribution in [-0.4, -0.2) is 24.7 Å². The van der Waals surface area contributed by atoms with E-state index in [0.717, 1.165) is 30.5 Å². The number of aromatic hydroxyl groups is 1. The van der Waals surface area contributed by atoms with Gasteiger partial charge in [0.1, 0.15) is 5.75 Å². The summed E-state index contributed by atoms with van der Waals surface area (Å²) in [6.07, 6.45) is 1.09. The highest BCUT2D eigenvalue weighted by molar-refractivity contribution is 7.89. The second kappa shape index (κ2) is 6.63. The van der Waals surface area contributed by atoms with Crippen LogP contribution in [-0.2, 0) is 10.0 Å². The van der Waals surface area contributed by atoms with Crippen molar-refractivity contribution in [2.75, 3.05) is 0 Å². The Morgan fingerprint density at radius 3 is 2.48 bits per heavy atom. The van der Waals surface area contributed by atoms with E-state index in [4.69, 9.17) is 11.6 Å². The summed E-state index contributed by atoms with van der Waals surface area (Å²) in [5.41, 5.74) is 0.000186. The number of phenolic OH excluding ortho intramolecular Hbond substituents is 1. The van der Waals surface area contributed by atoms with Gasteiger partial charge in [0.25, 0.3) is 15.7 Å². The van der Waals surface area contributed by atoms with Gasteiger partial charge in [-0.05, 0) is 30.3 Å². The summed E-state index contributed by atoms with van der Waals surface area (Å²) >= 11 is 5.76. The maximum Gasteiger partial charge on any atom is 0.276 e. The predicted octanol–water partition coefficient (Wildman–Crippen LogP) is 2.27. The SMILES string of the molecule is O=[N+]([O-])c1ccc(S(=O)(=O)N/N=C\c2cc(Cl)ccc2O)cc1. The van der Waals surface area contributed by atoms with Crippen LogP contribution in [0.3, 0.4) is 0 Å². The Labute approximate surface area is 136 Å². The van der Waals surface area contributed by atoms with Crippen LogP contribution in [0.2, 0.25) is 5.02 Å². The number of rotatable bonds is 5. The lowest BCUT2D eigenvalue weighted by Crippen LogP contribution is -2.18.